The Morgan fingerprint density at radius 2 is 1.81 bits per heavy atom. The second-order valence-corrected chi connectivity index (χ2v) is 5.93. The predicted molar refractivity (Wildman–Crippen MR) is 96.8 cm³/mol. The number of carbonyl (C=O) groups excluding carboxylic acids is 3. The standard InChI is InChI=1S/C18H13ClN2O6/c1-27-15-5-3-10(8-12(15)19)21-17(25)11(16(24)20-18(21)26)6-9-2-4-13(22)14(23)7-9/h2-8,22-23H,1H3,(H,20,24,26). The van der Waals surface area contributed by atoms with E-state index in [1.54, 1.807) is 0 Å². The van der Waals surface area contributed by atoms with E-state index in [0.29, 0.717) is 5.75 Å². The van der Waals surface area contributed by atoms with Crippen molar-refractivity contribution < 1.29 is 29.3 Å². The number of imide groups is 2. The summed E-state index contributed by atoms with van der Waals surface area (Å²) >= 11 is 6.04. The first-order chi connectivity index (χ1) is 12.8. The van der Waals surface area contributed by atoms with Crippen LogP contribution in [0.3, 0.4) is 0 Å². The molecule has 0 aromatic heterocycles. The van der Waals surface area contributed by atoms with Gasteiger partial charge in [-0.05, 0) is 42.0 Å². The Balaban J connectivity index is 2.02. The zero-order valence-electron chi connectivity index (χ0n) is 13.9. The minimum atomic E-state index is -0.920. The maximum Gasteiger partial charge on any atom is 0.335 e. The number of nitrogens with one attached hydrogen (secondary N) is 1. The maximum atomic E-state index is 12.8. The summed E-state index contributed by atoms with van der Waals surface area (Å²) in [6, 6.07) is 7.15. The fourth-order valence-electron chi connectivity index (χ4n) is 2.48. The van der Waals surface area contributed by atoms with E-state index in [0.717, 1.165) is 4.90 Å². The lowest BCUT2D eigenvalue weighted by atomic mass is 10.1. The number of barbiturate groups is 1. The molecule has 0 bridgehead atoms. The number of carbonyl (C=O) groups is 3. The van der Waals surface area contributed by atoms with E-state index >= 15 is 0 Å². The molecule has 8 nitrogen and oxygen atoms in total. The van der Waals surface area contributed by atoms with Crippen molar-refractivity contribution in [2.24, 2.45) is 0 Å². The molecule has 0 atom stereocenters. The summed E-state index contributed by atoms with van der Waals surface area (Å²) in [6.45, 7) is 0. The number of hydrogen-bond donors (Lipinski definition) is 3. The number of phenols is 2. The molecule has 1 heterocycles. The molecule has 2 aromatic rings. The van der Waals surface area contributed by atoms with Crippen LogP contribution in [0.25, 0.3) is 6.08 Å². The largest absolute Gasteiger partial charge is 0.504 e. The van der Waals surface area contributed by atoms with Gasteiger partial charge >= 0.3 is 6.03 Å². The molecule has 27 heavy (non-hydrogen) atoms. The second-order valence-electron chi connectivity index (χ2n) is 5.52. The van der Waals surface area contributed by atoms with Crippen molar-refractivity contribution >= 4 is 41.2 Å². The molecule has 2 aromatic carbocycles. The summed E-state index contributed by atoms with van der Waals surface area (Å²) in [7, 11) is 1.42. The molecular formula is C18H13ClN2O6. The lowest BCUT2D eigenvalue weighted by molar-refractivity contribution is -0.122. The number of phenolic OH excluding ortho intramolecular Hbond substituents is 2. The molecule has 3 rings (SSSR count). The van der Waals surface area contributed by atoms with Crippen LogP contribution in [0.5, 0.6) is 17.2 Å². The van der Waals surface area contributed by atoms with Crippen LogP contribution in [0.4, 0.5) is 10.5 Å². The number of hydrogen-bond acceptors (Lipinski definition) is 6. The highest BCUT2D eigenvalue weighted by Gasteiger charge is 2.37. The summed E-state index contributed by atoms with van der Waals surface area (Å²) in [6.07, 6.45) is 1.20. The normalized spacial score (nSPS) is 15.9. The number of benzene rings is 2. The van der Waals surface area contributed by atoms with Gasteiger partial charge in [-0.25, -0.2) is 9.69 Å². The molecule has 1 saturated heterocycles. The molecule has 138 valence electrons. The Hall–Kier alpha value is -3.52. The first kappa shape index (κ1) is 18.3. The van der Waals surface area contributed by atoms with Crippen LogP contribution in [0.15, 0.2) is 42.0 Å². The van der Waals surface area contributed by atoms with Crippen LogP contribution < -0.4 is 15.0 Å². The first-order valence-corrected chi connectivity index (χ1v) is 7.96. The van der Waals surface area contributed by atoms with Crippen LogP contribution >= 0.6 is 11.6 Å². The van der Waals surface area contributed by atoms with Gasteiger partial charge in [0.2, 0.25) is 0 Å². The first-order valence-electron chi connectivity index (χ1n) is 7.59. The van der Waals surface area contributed by atoms with Crippen molar-refractivity contribution in [3.05, 3.63) is 52.6 Å². The second kappa shape index (κ2) is 7.00. The molecule has 4 amide bonds. The zero-order chi connectivity index (χ0) is 19.7. The summed E-state index contributed by atoms with van der Waals surface area (Å²) in [5.41, 5.74) is 0.104. The highest BCUT2D eigenvalue weighted by molar-refractivity contribution is 6.39. The van der Waals surface area contributed by atoms with Crippen LogP contribution in [0, 0.1) is 0 Å². The Kier molecular flexibility index (Phi) is 4.74. The van der Waals surface area contributed by atoms with Gasteiger partial charge in [-0.15, -0.1) is 0 Å². The maximum absolute atomic E-state index is 12.8. The van der Waals surface area contributed by atoms with E-state index in [-0.39, 0.29) is 27.6 Å². The fraction of sp³-hybridized carbons (Fsp3) is 0.0556. The Labute approximate surface area is 158 Å². The van der Waals surface area contributed by atoms with Crippen molar-refractivity contribution in [2.45, 2.75) is 0 Å². The van der Waals surface area contributed by atoms with Crippen molar-refractivity contribution in [3.8, 4) is 17.2 Å². The number of rotatable bonds is 3. The van der Waals surface area contributed by atoms with Crippen molar-refractivity contribution in [3.63, 3.8) is 0 Å². The summed E-state index contributed by atoms with van der Waals surface area (Å²) < 4.78 is 5.03. The highest BCUT2D eigenvalue weighted by atomic mass is 35.5. The summed E-state index contributed by atoms with van der Waals surface area (Å²) in [4.78, 5) is 37.8. The quantitative estimate of drug-likeness (QED) is 0.422. The molecule has 1 aliphatic heterocycles. The number of aromatic hydroxyl groups is 2. The lowest BCUT2D eigenvalue weighted by Gasteiger charge is -2.26. The predicted octanol–water partition coefficient (Wildman–Crippen LogP) is 2.43. The molecule has 3 N–H and O–H groups in total. The lowest BCUT2D eigenvalue weighted by Crippen LogP contribution is -2.54. The molecule has 0 radical (unpaired) electrons. The van der Waals surface area contributed by atoms with Crippen molar-refractivity contribution in [1.82, 2.24) is 5.32 Å². The SMILES string of the molecule is COc1ccc(N2C(=O)NC(=O)C(=Cc3ccc(O)c(O)c3)C2=O)cc1Cl. The van der Waals surface area contributed by atoms with Crippen molar-refractivity contribution in [1.29, 1.82) is 0 Å². The topological polar surface area (TPSA) is 116 Å². The van der Waals surface area contributed by atoms with Crippen LogP contribution in [-0.2, 0) is 9.59 Å². The molecular weight excluding hydrogens is 376 g/mol. The molecule has 9 heteroatoms. The van der Waals surface area contributed by atoms with Crippen LogP contribution in [-0.4, -0.2) is 35.2 Å². The monoisotopic (exact) mass is 388 g/mol. The minimum absolute atomic E-state index is 0.148. The number of urea groups is 1. The smallest absolute Gasteiger partial charge is 0.335 e. The number of anilines is 1. The van der Waals surface area contributed by atoms with Gasteiger partial charge in [0, 0.05) is 0 Å². The third-order valence-corrected chi connectivity index (χ3v) is 4.10. The molecule has 1 aliphatic rings. The summed E-state index contributed by atoms with van der Waals surface area (Å²) in [5.74, 6) is -2.15. The number of nitrogens with zero attached hydrogens (tertiary/aromatic N) is 1. The number of ether oxygens (including phenoxy) is 1. The van der Waals surface area contributed by atoms with E-state index in [4.69, 9.17) is 16.3 Å². The minimum Gasteiger partial charge on any atom is -0.504 e. The Bertz CT molecular complexity index is 1000. The van der Waals surface area contributed by atoms with Gasteiger partial charge in [-0.3, -0.25) is 14.9 Å². The fourth-order valence-corrected chi connectivity index (χ4v) is 2.74. The van der Waals surface area contributed by atoms with Gasteiger partial charge < -0.3 is 14.9 Å². The molecule has 1 fully saturated rings. The van der Waals surface area contributed by atoms with Gasteiger partial charge in [0.1, 0.15) is 11.3 Å². The third-order valence-electron chi connectivity index (χ3n) is 3.81. The van der Waals surface area contributed by atoms with Gasteiger partial charge in [-0.2, -0.15) is 0 Å². The van der Waals surface area contributed by atoms with Gasteiger partial charge in [0.25, 0.3) is 11.8 Å². The number of methoxy groups -OCH3 is 1. The molecule has 0 saturated carbocycles. The number of halogens is 1. The van der Waals surface area contributed by atoms with Crippen LogP contribution in [0.1, 0.15) is 5.56 Å². The van der Waals surface area contributed by atoms with E-state index in [9.17, 15) is 24.6 Å². The molecule has 0 unspecified atom stereocenters. The number of amides is 4. The third kappa shape index (κ3) is 3.42. The average Bonchev–Trinajstić information content (AvgIpc) is 2.61. The van der Waals surface area contributed by atoms with Gasteiger partial charge in [0.15, 0.2) is 11.5 Å². The van der Waals surface area contributed by atoms with E-state index in [2.05, 4.69) is 5.32 Å². The van der Waals surface area contributed by atoms with Crippen LogP contribution in [0.2, 0.25) is 5.02 Å². The van der Waals surface area contributed by atoms with Gasteiger partial charge in [-0.1, -0.05) is 17.7 Å². The summed E-state index contributed by atoms with van der Waals surface area (Å²) in [5, 5.41) is 21.2. The van der Waals surface area contributed by atoms with E-state index in [1.165, 1.54) is 49.6 Å². The Morgan fingerprint density at radius 3 is 2.44 bits per heavy atom. The van der Waals surface area contributed by atoms with Gasteiger partial charge in [0.05, 0.1) is 17.8 Å². The molecule has 0 aliphatic carbocycles. The zero-order valence-corrected chi connectivity index (χ0v) is 14.6. The highest BCUT2D eigenvalue weighted by Crippen LogP contribution is 2.31. The molecule has 0 spiro atoms. The van der Waals surface area contributed by atoms with E-state index in [1.807, 2.05) is 0 Å². The average molecular weight is 389 g/mol. The van der Waals surface area contributed by atoms with Crippen molar-refractivity contribution in [2.75, 3.05) is 12.0 Å². The Morgan fingerprint density at radius 1 is 1.07 bits per heavy atom. The van der Waals surface area contributed by atoms with E-state index < -0.39 is 23.6 Å².